The lowest BCUT2D eigenvalue weighted by atomic mass is 10.2. The molecule has 1 amide bonds. The Labute approximate surface area is 171 Å². The van der Waals surface area contributed by atoms with Gasteiger partial charge in [0.1, 0.15) is 5.75 Å². The fraction of sp³-hybridized carbons (Fsp3) is 0.333. The van der Waals surface area contributed by atoms with Gasteiger partial charge in [-0.25, -0.2) is 0 Å². The van der Waals surface area contributed by atoms with Crippen LogP contribution in [0.1, 0.15) is 5.56 Å². The number of carbonyl (C=O) groups is 1. The second kappa shape index (κ2) is 9.52. The molecular weight excluding hydrogens is 372 g/mol. The van der Waals surface area contributed by atoms with Crippen molar-refractivity contribution in [2.45, 2.75) is 6.92 Å². The summed E-state index contributed by atoms with van der Waals surface area (Å²) in [5.41, 5.74) is 3.01. The molecule has 1 aliphatic rings. The number of thiocarbonyl (C=S) groups is 1. The number of hydrogen-bond acceptors (Lipinski definition) is 5. The predicted octanol–water partition coefficient (Wildman–Crippen LogP) is 2.64. The number of anilines is 2. The lowest BCUT2D eigenvalue weighted by Crippen LogP contribution is -2.44. The summed E-state index contributed by atoms with van der Waals surface area (Å²) < 4.78 is 5.53. The number of para-hydroxylation sites is 1. The summed E-state index contributed by atoms with van der Waals surface area (Å²) in [6.07, 6.45) is 0. The molecule has 1 fully saturated rings. The predicted molar refractivity (Wildman–Crippen MR) is 117 cm³/mol. The van der Waals surface area contributed by atoms with E-state index in [2.05, 4.69) is 39.6 Å². The highest BCUT2D eigenvalue weighted by atomic mass is 32.1. The minimum Gasteiger partial charge on any atom is -0.483 e. The molecule has 28 heavy (non-hydrogen) atoms. The van der Waals surface area contributed by atoms with Crippen molar-refractivity contribution >= 4 is 34.6 Å². The molecule has 0 radical (unpaired) electrons. The number of rotatable bonds is 5. The van der Waals surface area contributed by atoms with Crippen LogP contribution in [-0.4, -0.2) is 55.8 Å². The number of carbonyl (C=O) groups excluding carboxylic acids is 1. The minimum absolute atomic E-state index is 0.0883. The smallest absolute Gasteiger partial charge is 0.264 e. The first-order valence-electron chi connectivity index (χ1n) is 9.34. The largest absolute Gasteiger partial charge is 0.483 e. The molecule has 0 aromatic heterocycles. The molecule has 2 aromatic rings. The number of benzene rings is 2. The molecule has 0 aliphatic carbocycles. The molecule has 0 spiro atoms. The number of piperazine rings is 1. The number of amides is 1. The van der Waals surface area contributed by atoms with Crippen LogP contribution in [0.15, 0.2) is 48.5 Å². The molecule has 0 unspecified atom stereocenters. The van der Waals surface area contributed by atoms with Gasteiger partial charge in [-0.1, -0.05) is 18.2 Å². The van der Waals surface area contributed by atoms with Crippen LogP contribution in [0.4, 0.5) is 11.4 Å². The molecule has 0 bridgehead atoms. The summed E-state index contributed by atoms with van der Waals surface area (Å²) in [6.45, 7) is 6.04. The van der Waals surface area contributed by atoms with E-state index in [-0.39, 0.29) is 17.6 Å². The van der Waals surface area contributed by atoms with Gasteiger partial charge in [0, 0.05) is 37.6 Å². The third kappa shape index (κ3) is 5.68. The number of likely N-dealkylation sites (N-methyl/N-ethyl adjacent to an activating group) is 1. The van der Waals surface area contributed by atoms with E-state index in [4.69, 9.17) is 17.0 Å². The van der Waals surface area contributed by atoms with Gasteiger partial charge >= 0.3 is 0 Å². The van der Waals surface area contributed by atoms with E-state index in [1.807, 2.05) is 43.3 Å². The average molecular weight is 399 g/mol. The Morgan fingerprint density at radius 3 is 2.43 bits per heavy atom. The van der Waals surface area contributed by atoms with Gasteiger partial charge in [-0.05, 0) is 62.1 Å². The summed E-state index contributed by atoms with van der Waals surface area (Å²) in [6, 6.07) is 15.6. The Morgan fingerprint density at radius 1 is 1.07 bits per heavy atom. The highest BCUT2D eigenvalue weighted by Crippen LogP contribution is 2.19. The minimum atomic E-state index is -0.296. The van der Waals surface area contributed by atoms with Crippen LogP contribution < -0.4 is 20.3 Å². The first kappa shape index (κ1) is 20.1. The molecule has 2 aromatic carbocycles. The monoisotopic (exact) mass is 398 g/mol. The first-order chi connectivity index (χ1) is 13.5. The molecule has 1 aliphatic heterocycles. The summed E-state index contributed by atoms with van der Waals surface area (Å²) in [5.74, 6) is 0.394. The second-order valence-corrected chi connectivity index (χ2v) is 7.30. The van der Waals surface area contributed by atoms with E-state index in [1.54, 1.807) is 0 Å². The zero-order valence-corrected chi connectivity index (χ0v) is 17.1. The number of nitrogens with zero attached hydrogens (tertiary/aromatic N) is 2. The molecule has 0 saturated carbocycles. The van der Waals surface area contributed by atoms with Gasteiger partial charge in [-0.15, -0.1) is 0 Å². The molecule has 1 heterocycles. The summed E-state index contributed by atoms with van der Waals surface area (Å²) in [7, 11) is 2.14. The van der Waals surface area contributed by atoms with Gasteiger partial charge in [0.2, 0.25) is 0 Å². The van der Waals surface area contributed by atoms with Gasteiger partial charge < -0.3 is 19.9 Å². The van der Waals surface area contributed by atoms with Crippen molar-refractivity contribution in [1.29, 1.82) is 0 Å². The lowest BCUT2D eigenvalue weighted by molar-refractivity contribution is -0.121. The standard InChI is InChI=1S/C21H26N4O2S/c1-16-5-3-4-6-19(16)27-15-20(26)23-21(28)22-17-7-9-18(10-8-17)25-13-11-24(2)12-14-25/h3-10H,11-15H2,1-2H3,(H2,22,23,26,28). The number of hydrogen-bond donors (Lipinski definition) is 2. The van der Waals surface area contributed by atoms with Gasteiger partial charge in [-0.3, -0.25) is 10.1 Å². The molecule has 148 valence electrons. The Hall–Kier alpha value is -2.64. The maximum absolute atomic E-state index is 12.0. The van der Waals surface area contributed by atoms with Crippen LogP contribution in [0.2, 0.25) is 0 Å². The van der Waals surface area contributed by atoms with E-state index in [0.717, 1.165) is 37.4 Å². The molecule has 6 nitrogen and oxygen atoms in total. The maximum Gasteiger partial charge on any atom is 0.264 e. The van der Waals surface area contributed by atoms with Crippen LogP contribution in [0.3, 0.4) is 0 Å². The SMILES string of the molecule is Cc1ccccc1OCC(=O)NC(=S)Nc1ccc(N2CCN(C)CC2)cc1. The van der Waals surface area contributed by atoms with Crippen molar-refractivity contribution in [3.05, 3.63) is 54.1 Å². The summed E-state index contributed by atoms with van der Waals surface area (Å²) in [5, 5.41) is 5.93. The number of aryl methyl sites for hydroxylation is 1. The lowest BCUT2D eigenvalue weighted by Gasteiger charge is -2.34. The molecule has 1 saturated heterocycles. The molecule has 7 heteroatoms. The van der Waals surface area contributed by atoms with Crippen molar-refractivity contribution in [3.63, 3.8) is 0 Å². The molecule has 0 atom stereocenters. The van der Waals surface area contributed by atoms with Crippen molar-refractivity contribution < 1.29 is 9.53 Å². The number of ether oxygens (including phenoxy) is 1. The van der Waals surface area contributed by atoms with Crippen molar-refractivity contribution in [2.75, 3.05) is 50.1 Å². The van der Waals surface area contributed by atoms with Crippen molar-refractivity contribution in [3.8, 4) is 5.75 Å². The average Bonchev–Trinajstić information content (AvgIpc) is 2.68. The Morgan fingerprint density at radius 2 is 1.75 bits per heavy atom. The first-order valence-corrected chi connectivity index (χ1v) is 9.75. The van der Waals surface area contributed by atoms with Crippen LogP contribution in [-0.2, 0) is 4.79 Å². The van der Waals surface area contributed by atoms with Crippen LogP contribution in [0.25, 0.3) is 0 Å². The van der Waals surface area contributed by atoms with Gasteiger partial charge in [0.15, 0.2) is 11.7 Å². The van der Waals surface area contributed by atoms with E-state index in [0.29, 0.717) is 5.75 Å². The maximum atomic E-state index is 12.0. The van der Waals surface area contributed by atoms with E-state index in [9.17, 15) is 4.79 Å². The Bertz CT molecular complexity index is 817. The summed E-state index contributed by atoms with van der Waals surface area (Å²) in [4.78, 5) is 16.7. The topological polar surface area (TPSA) is 56.8 Å². The third-order valence-electron chi connectivity index (χ3n) is 4.70. The quantitative estimate of drug-likeness (QED) is 0.756. The van der Waals surface area contributed by atoms with Gasteiger partial charge in [-0.2, -0.15) is 0 Å². The zero-order valence-electron chi connectivity index (χ0n) is 16.3. The summed E-state index contributed by atoms with van der Waals surface area (Å²) >= 11 is 5.23. The number of nitrogens with one attached hydrogen (secondary N) is 2. The van der Waals surface area contributed by atoms with Crippen LogP contribution in [0, 0.1) is 6.92 Å². The fourth-order valence-electron chi connectivity index (χ4n) is 3.01. The van der Waals surface area contributed by atoms with Gasteiger partial charge in [0.25, 0.3) is 5.91 Å². The van der Waals surface area contributed by atoms with Crippen LogP contribution in [0.5, 0.6) is 5.75 Å². The highest BCUT2D eigenvalue weighted by molar-refractivity contribution is 7.80. The van der Waals surface area contributed by atoms with E-state index >= 15 is 0 Å². The zero-order chi connectivity index (χ0) is 19.9. The second-order valence-electron chi connectivity index (χ2n) is 6.89. The van der Waals surface area contributed by atoms with E-state index in [1.165, 1.54) is 5.69 Å². The highest BCUT2D eigenvalue weighted by Gasteiger charge is 2.14. The van der Waals surface area contributed by atoms with Crippen LogP contribution >= 0.6 is 12.2 Å². The Kier molecular flexibility index (Phi) is 6.84. The molecular formula is C21H26N4O2S. The fourth-order valence-corrected chi connectivity index (χ4v) is 3.24. The molecule has 3 rings (SSSR count). The van der Waals surface area contributed by atoms with Gasteiger partial charge in [0.05, 0.1) is 0 Å². The normalized spacial score (nSPS) is 14.4. The van der Waals surface area contributed by atoms with Crippen molar-refractivity contribution in [1.82, 2.24) is 10.2 Å². The Balaban J connectivity index is 1.45. The molecule has 2 N–H and O–H groups in total. The van der Waals surface area contributed by atoms with Crippen molar-refractivity contribution in [2.24, 2.45) is 0 Å². The third-order valence-corrected chi connectivity index (χ3v) is 4.90. The van der Waals surface area contributed by atoms with E-state index < -0.39 is 0 Å².